The van der Waals surface area contributed by atoms with Crippen LogP contribution in [0.25, 0.3) is 0 Å². The number of hydrogen-bond acceptors (Lipinski definition) is 2. The molecule has 17 heavy (non-hydrogen) atoms. The Morgan fingerprint density at radius 3 is 2.88 bits per heavy atom. The molecule has 1 aliphatic heterocycles. The predicted octanol–water partition coefficient (Wildman–Crippen LogP) is 2.58. The molecule has 100 valence electrons. The van der Waals surface area contributed by atoms with Gasteiger partial charge in [0.15, 0.2) is 0 Å². The molecule has 0 aromatic rings. The quantitative estimate of drug-likeness (QED) is 0.776. The van der Waals surface area contributed by atoms with E-state index in [4.69, 9.17) is 0 Å². The van der Waals surface area contributed by atoms with Crippen LogP contribution in [-0.2, 0) is 4.79 Å². The van der Waals surface area contributed by atoms with Gasteiger partial charge in [-0.1, -0.05) is 19.8 Å². The molecular formula is C14H27NO2. The lowest BCUT2D eigenvalue weighted by Gasteiger charge is -2.21. The first-order valence-corrected chi connectivity index (χ1v) is 7.09. The summed E-state index contributed by atoms with van der Waals surface area (Å²) < 4.78 is 0. The first-order chi connectivity index (χ1) is 8.13. The molecule has 0 aromatic heterocycles. The fourth-order valence-corrected chi connectivity index (χ4v) is 2.60. The molecule has 0 aromatic carbocycles. The summed E-state index contributed by atoms with van der Waals surface area (Å²) in [6, 6.07) is 0. The first-order valence-electron chi connectivity index (χ1n) is 7.09. The maximum absolute atomic E-state index is 11.9. The molecule has 1 saturated heterocycles. The lowest BCUT2D eigenvalue weighted by atomic mass is 9.96. The second-order valence-corrected chi connectivity index (χ2v) is 5.35. The average Bonchev–Trinajstić information content (AvgIpc) is 2.44. The van der Waals surface area contributed by atoms with E-state index in [0.29, 0.717) is 5.91 Å². The van der Waals surface area contributed by atoms with Crippen molar-refractivity contribution in [1.29, 1.82) is 0 Å². The van der Waals surface area contributed by atoms with E-state index in [1.165, 1.54) is 12.8 Å². The number of rotatable bonds is 6. The minimum Gasteiger partial charge on any atom is -0.393 e. The number of nitrogens with zero attached hydrogens (tertiary/aromatic N) is 1. The summed E-state index contributed by atoms with van der Waals surface area (Å²) in [4.78, 5) is 13.9. The van der Waals surface area contributed by atoms with Gasteiger partial charge >= 0.3 is 0 Å². The summed E-state index contributed by atoms with van der Waals surface area (Å²) in [7, 11) is 0. The van der Waals surface area contributed by atoms with Gasteiger partial charge in [-0.2, -0.15) is 0 Å². The zero-order valence-electron chi connectivity index (χ0n) is 11.3. The largest absolute Gasteiger partial charge is 0.393 e. The molecular weight excluding hydrogens is 214 g/mol. The molecule has 0 aliphatic carbocycles. The van der Waals surface area contributed by atoms with E-state index in [9.17, 15) is 9.90 Å². The van der Waals surface area contributed by atoms with Crippen LogP contribution in [0.4, 0.5) is 0 Å². The van der Waals surface area contributed by atoms with E-state index >= 15 is 0 Å². The highest BCUT2D eigenvalue weighted by atomic mass is 16.3. The highest BCUT2D eigenvalue weighted by Gasteiger charge is 2.21. The summed E-state index contributed by atoms with van der Waals surface area (Å²) in [5, 5.41) is 9.21. The van der Waals surface area contributed by atoms with Gasteiger partial charge in [0, 0.05) is 19.5 Å². The summed E-state index contributed by atoms with van der Waals surface area (Å²) in [5.74, 6) is 1.06. The Balaban J connectivity index is 2.31. The maximum atomic E-state index is 11.9. The number of hydrogen-bond donors (Lipinski definition) is 1. The second-order valence-electron chi connectivity index (χ2n) is 5.35. The number of carbonyl (C=O) groups is 1. The zero-order chi connectivity index (χ0) is 12.7. The first kappa shape index (κ1) is 14.5. The Kier molecular flexibility index (Phi) is 6.56. The van der Waals surface area contributed by atoms with E-state index in [-0.39, 0.29) is 6.10 Å². The Labute approximate surface area is 105 Å². The van der Waals surface area contributed by atoms with Crippen molar-refractivity contribution in [1.82, 2.24) is 4.90 Å². The number of likely N-dealkylation sites (tertiary alicyclic amines) is 1. The van der Waals surface area contributed by atoms with Crippen molar-refractivity contribution in [2.45, 2.75) is 64.9 Å². The van der Waals surface area contributed by atoms with Crippen LogP contribution in [0, 0.1) is 5.92 Å². The molecule has 0 radical (unpaired) electrons. The van der Waals surface area contributed by atoms with Crippen molar-refractivity contribution in [3.63, 3.8) is 0 Å². The average molecular weight is 241 g/mol. The van der Waals surface area contributed by atoms with Crippen LogP contribution in [0.5, 0.6) is 0 Å². The molecule has 1 amide bonds. The van der Waals surface area contributed by atoms with Gasteiger partial charge in [0.25, 0.3) is 0 Å². The number of amides is 1. The van der Waals surface area contributed by atoms with Gasteiger partial charge in [0.2, 0.25) is 5.91 Å². The molecule has 1 rings (SSSR count). The highest BCUT2D eigenvalue weighted by molar-refractivity contribution is 5.76. The molecule has 1 N–H and O–H groups in total. The smallest absolute Gasteiger partial charge is 0.222 e. The Morgan fingerprint density at radius 1 is 1.47 bits per heavy atom. The van der Waals surface area contributed by atoms with Gasteiger partial charge in [0.05, 0.1) is 6.10 Å². The molecule has 2 atom stereocenters. The summed E-state index contributed by atoms with van der Waals surface area (Å²) in [6.45, 7) is 5.76. The summed E-state index contributed by atoms with van der Waals surface area (Å²) >= 11 is 0. The third kappa shape index (κ3) is 5.53. The molecule has 0 saturated carbocycles. The van der Waals surface area contributed by atoms with Crippen LogP contribution >= 0.6 is 0 Å². The molecule has 2 unspecified atom stereocenters. The van der Waals surface area contributed by atoms with Gasteiger partial charge in [0.1, 0.15) is 0 Å². The summed E-state index contributed by atoms with van der Waals surface area (Å²) in [5.41, 5.74) is 0. The third-order valence-corrected chi connectivity index (χ3v) is 3.67. The standard InChI is InChI=1S/C14H27NO2/c1-3-5-13-7-8-14(17)15(11-9-13)10-4-6-12(2)16/h12-13,16H,3-11H2,1-2H3. The molecule has 0 bridgehead atoms. The van der Waals surface area contributed by atoms with Crippen LogP contribution in [0.2, 0.25) is 0 Å². The van der Waals surface area contributed by atoms with Crippen molar-refractivity contribution in [2.24, 2.45) is 5.92 Å². The van der Waals surface area contributed by atoms with Crippen LogP contribution in [-0.4, -0.2) is 35.1 Å². The lowest BCUT2D eigenvalue weighted by Crippen LogP contribution is -2.31. The third-order valence-electron chi connectivity index (χ3n) is 3.67. The van der Waals surface area contributed by atoms with E-state index < -0.39 is 0 Å². The van der Waals surface area contributed by atoms with Gasteiger partial charge in [-0.25, -0.2) is 0 Å². The highest BCUT2D eigenvalue weighted by Crippen LogP contribution is 2.22. The van der Waals surface area contributed by atoms with Gasteiger partial charge < -0.3 is 10.0 Å². The predicted molar refractivity (Wildman–Crippen MR) is 69.7 cm³/mol. The van der Waals surface area contributed by atoms with E-state index in [1.54, 1.807) is 0 Å². The SMILES string of the molecule is CCCC1CCC(=O)N(CCCC(C)O)CC1. The molecule has 1 heterocycles. The fourth-order valence-electron chi connectivity index (χ4n) is 2.60. The summed E-state index contributed by atoms with van der Waals surface area (Å²) in [6.07, 6.45) is 6.90. The van der Waals surface area contributed by atoms with Crippen molar-refractivity contribution >= 4 is 5.91 Å². The van der Waals surface area contributed by atoms with Crippen molar-refractivity contribution in [3.8, 4) is 0 Å². The van der Waals surface area contributed by atoms with Crippen molar-refractivity contribution in [2.75, 3.05) is 13.1 Å². The number of aliphatic hydroxyl groups is 1. The monoisotopic (exact) mass is 241 g/mol. The van der Waals surface area contributed by atoms with E-state index in [2.05, 4.69) is 6.92 Å². The van der Waals surface area contributed by atoms with Crippen LogP contribution in [0.1, 0.15) is 58.8 Å². The minimum absolute atomic E-state index is 0.245. The molecule has 1 aliphatic rings. The number of carbonyl (C=O) groups excluding carboxylic acids is 1. The van der Waals surface area contributed by atoms with Gasteiger partial charge in [-0.15, -0.1) is 0 Å². The van der Waals surface area contributed by atoms with Crippen molar-refractivity contribution < 1.29 is 9.90 Å². The van der Waals surface area contributed by atoms with E-state index in [1.807, 2.05) is 11.8 Å². The van der Waals surface area contributed by atoms with Crippen molar-refractivity contribution in [3.05, 3.63) is 0 Å². The Morgan fingerprint density at radius 2 is 2.24 bits per heavy atom. The van der Waals surface area contributed by atoms with Crippen LogP contribution in [0.15, 0.2) is 0 Å². The Bertz CT molecular complexity index is 228. The molecule has 3 nitrogen and oxygen atoms in total. The zero-order valence-corrected chi connectivity index (χ0v) is 11.3. The number of aliphatic hydroxyl groups excluding tert-OH is 1. The van der Waals surface area contributed by atoms with E-state index in [0.717, 1.165) is 51.1 Å². The second kappa shape index (κ2) is 7.70. The topological polar surface area (TPSA) is 40.5 Å². The normalized spacial score (nSPS) is 23.6. The molecule has 3 heteroatoms. The Hall–Kier alpha value is -0.570. The lowest BCUT2D eigenvalue weighted by molar-refractivity contribution is -0.130. The maximum Gasteiger partial charge on any atom is 0.222 e. The van der Waals surface area contributed by atoms with Crippen LogP contribution in [0.3, 0.4) is 0 Å². The van der Waals surface area contributed by atoms with Crippen LogP contribution < -0.4 is 0 Å². The fraction of sp³-hybridized carbons (Fsp3) is 0.929. The van der Waals surface area contributed by atoms with Gasteiger partial charge in [-0.05, 0) is 38.5 Å². The van der Waals surface area contributed by atoms with Gasteiger partial charge in [-0.3, -0.25) is 4.79 Å². The minimum atomic E-state index is -0.245. The molecule has 0 spiro atoms. The molecule has 1 fully saturated rings.